The van der Waals surface area contributed by atoms with E-state index in [-0.39, 0.29) is 6.04 Å². The molecular weight excluding hydrogens is 204 g/mol. The molecule has 1 aromatic rings. The summed E-state index contributed by atoms with van der Waals surface area (Å²) in [5.41, 5.74) is 0. The summed E-state index contributed by atoms with van der Waals surface area (Å²) in [5.74, 6) is 1.19. The van der Waals surface area contributed by atoms with Crippen LogP contribution in [0.5, 0.6) is 0 Å². The minimum atomic E-state index is 0.0851. The van der Waals surface area contributed by atoms with Gasteiger partial charge in [-0.1, -0.05) is 25.4 Å². The van der Waals surface area contributed by atoms with E-state index in [2.05, 4.69) is 41.6 Å². The Morgan fingerprint density at radius 2 is 1.94 bits per heavy atom. The van der Waals surface area contributed by atoms with Crippen molar-refractivity contribution >= 4 is 6.01 Å². The van der Waals surface area contributed by atoms with Crippen LogP contribution < -0.4 is 10.6 Å². The average molecular weight is 226 g/mol. The molecule has 2 N–H and O–H groups in total. The highest BCUT2D eigenvalue weighted by Crippen LogP contribution is 2.16. The number of anilines is 1. The number of rotatable bonds is 6. The van der Waals surface area contributed by atoms with E-state index in [1.165, 1.54) is 0 Å². The molecule has 0 bridgehead atoms. The highest BCUT2D eigenvalue weighted by molar-refractivity contribution is 5.19. The number of hydrogen-bond donors (Lipinski definition) is 2. The van der Waals surface area contributed by atoms with E-state index in [1.54, 1.807) is 0 Å². The molecule has 92 valence electrons. The topological polar surface area (TPSA) is 63.0 Å². The molecule has 0 saturated heterocycles. The zero-order chi connectivity index (χ0) is 12.1. The SMILES string of the molecule is CCC(C)C(C)Nc1nnc(C(C)NC)o1. The summed E-state index contributed by atoms with van der Waals surface area (Å²) >= 11 is 0. The van der Waals surface area contributed by atoms with Gasteiger partial charge in [-0.25, -0.2) is 0 Å². The van der Waals surface area contributed by atoms with Gasteiger partial charge in [0.1, 0.15) is 0 Å². The Hall–Kier alpha value is -1.10. The Morgan fingerprint density at radius 3 is 2.50 bits per heavy atom. The van der Waals surface area contributed by atoms with Crippen molar-refractivity contribution in [3.8, 4) is 0 Å². The first-order valence-electron chi connectivity index (χ1n) is 5.85. The lowest BCUT2D eigenvalue weighted by Gasteiger charge is -2.18. The van der Waals surface area contributed by atoms with Crippen molar-refractivity contribution in [1.29, 1.82) is 0 Å². The van der Waals surface area contributed by atoms with Gasteiger partial charge in [-0.3, -0.25) is 0 Å². The van der Waals surface area contributed by atoms with Crippen LogP contribution in [0.3, 0.4) is 0 Å². The second kappa shape index (κ2) is 5.84. The molecule has 0 spiro atoms. The van der Waals surface area contributed by atoms with Crippen LogP contribution in [0.4, 0.5) is 6.01 Å². The van der Waals surface area contributed by atoms with Crippen molar-refractivity contribution in [2.45, 2.75) is 46.2 Å². The minimum absolute atomic E-state index is 0.0851. The van der Waals surface area contributed by atoms with Crippen LogP contribution in [0.1, 0.15) is 46.0 Å². The van der Waals surface area contributed by atoms with Crippen molar-refractivity contribution in [2.24, 2.45) is 5.92 Å². The Balaban J connectivity index is 2.58. The van der Waals surface area contributed by atoms with Crippen molar-refractivity contribution < 1.29 is 4.42 Å². The molecule has 1 rings (SSSR count). The van der Waals surface area contributed by atoms with Crippen LogP contribution in [0.2, 0.25) is 0 Å². The van der Waals surface area contributed by atoms with Crippen LogP contribution in [-0.4, -0.2) is 23.3 Å². The molecule has 16 heavy (non-hydrogen) atoms. The summed E-state index contributed by atoms with van der Waals surface area (Å²) in [4.78, 5) is 0. The van der Waals surface area contributed by atoms with Gasteiger partial charge < -0.3 is 15.1 Å². The molecule has 3 atom stereocenters. The normalized spacial score (nSPS) is 16.8. The van der Waals surface area contributed by atoms with Crippen LogP contribution in [0.15, 0.2) is 4.42 Å². The van der Waals surface area contributed by atoms with Crippen LogP contribution in [0, 0.1) is 5.92 Å². The van der Waals surface area contributed by atoms with Crippen molar-refractivity contribution in [1.82, 2.24) is 15.5 Å². The second-order valence-corrected chi connectivity index (χ2v) is 4.27. The third-order valence-corrected chi connectivity index (χ3v) is 3.09. The molecule has 1 aromatic heterocycles. The first kappa shape index (κ1) is 13.0. The fourth-order valence-corrected chi connectivity index (χ4v) is 1.28. The first-order chi connectivity index (χ1) is 7.58. The molecule has 5 nitrogen and oxygen atoms in total. The Morgan fingerprint density at radius 1 is 1.25 bits per heavy atom. The van der Waals surface area contributed by atoms with E-state index in [4.69, 9.17) is 4.42 Å². The molecule has 0 radical (unpaired) electrons. The fourth-order valence-electron chi connectivity index (χ4n) is 1.28. The van der Waals surface area contributed by atoms with Gasteiger partial charge in [-0.15, -0.1) is 5.10 Å². The van der Waals surface area contributed by atoms with E-state index in [1.807, 2.05) is 14.0 Å². The molecule has 0 fully saturated rings. The van der Waals surface area contributed by atoms with Crippen molar-refractivity contribution in [3.63, 3.8) is 0 Å². The highest BCUT2D eigenvalue weighted by atomic mass is 16.4. The van der Waals surface area contributed by atoms with E-state index in [0.717, 1.165) is 6.42 Å². The van der Waals surface area contributed by atoms with Crippen LogP contribution in [0.25, 0.3) is 0 Å². The van der Waals surface area contributed by atoms with Gasteiger partial charge in [0, 0.05) is 6.04 Å². The summed E-state index contributed by atoms with van der Waals surface area (Å²) in [6.45, 7) is 8.48. The molecule has 1 heterocycles. The van der Waals surface area contributed by atoms with Crippen molar-refractivity contribution in [3.05, 3.63) is 5.89 Å². The van der Waals surface area contributed by atoms with Gasteiger partial charge in [-0.2, -0.15) is 0 Å². The van der Waals surface area contributed by atoms with Crippen LogP contribution >= 0.6 is 0 Å². The number of nitrogens with zero attached hydrogens (tertiary/aromatic N) is 2. The third-order valence-electron chi connectivity index (χ3n) is 3.09. The molecule has 0 aliphatic carbocycles. The molecule has 3 unspecified atom stereocenters. The smallest absolute Gasteiger partial charge is 0.315 e. The van der Waals surface area contributed by atoms with E-state index in [0.29, 0.717) is 23.9 Å². The average Bonchev–Trinajstić information content (AvgIpc) is 2.75. The van der Waals surface area contributed by atoms with E-state index < -0.39 is 0 Å². The molecule has 5 heteroatoms. The summed E-state index contributed by atoms with van der Waals surface area (Å²) in [6.07, 6.45) is 1.13. The molecule has 0 aliphatic heterocycles. The molecule has 0 aliphatic rings. The maximum atomic E-state index is 5.51. The number of hydrogen-bond acceptors (Lipinski definition) is 5. The highest BCUT2D eigenvalue weighted by Gasteiger charge is 2.15. The molecule has 0 aromatic carbocycles. The maximum Gasteiger partial charge on any atom is 0.315 e. The predicted octanol–water partition coefficient (Wildman–Crippen LogP) is 2.20. The monoisotopic (exact) mass is 226 g/mol. The molecular formula is C11H22N4O. The largest absolute Gasteiger partial charge is 0.406 e. The van der Waals surface area contributed by atoms with Gasteiger partial charge in [0.25, 0.3) is 0 Å². The van der Waals surface area contributed by atoms with E-state index >= 15 is 0 Å². The zero-order valence-corrected chi connectivity index (χ0v) is 10.7. The Kier molecular flexibility index (Phi) is 4.73. The zero-order valence-electron chi connectivity index (χ0n) is 10.7. The summed E-state index contributed by atoms with van der Waals surface area (Å²) in [7, 11) is 1.86. The van der Waals surface area contributed by atoms with Gasteiger partial charge in [0.2, 0.25) is 5.89 Å². The van der Waals surface area contributed by atoms with Crippen molar-refractivity contribution in [2.75, 3.05) is 12.4 Å². The summed E-state index contributed by atoms with van der Waals surface area (Å²) < 4.78 is 5.51. The van der Waals surface area contributed by atoms with Crippen LogP contribution in [-0.2, 0) is 0 Å². The lowest BCUT2D eigenvalue weighted by Crippen LogP contribution is -2.23. The van der Waals surface area contributed by atoms with Gasteiger partial charge in [-0.05, 0) is 26.8 Å². The summed E-state index contributed by atoms with van der Waals surface area (Å²) in [5, 5.41) is 14.2. The number of aromatic nitrogens is 2. The first-order valence-corrected chi connectivity index (χ1v) is 5.85. The van der Waals surface area contributed by atoms with E-state index in [9.17, 15) is 0 Å². The molecule has 0 amide bonds. The van der Waals surface area contributed by atoms with Gasteiger partial charge in [0.05, 0.1) is 6.04 Å². The lowest BCUT2D eigenvalue weighted by molar-refractivity contribution is 0.427. The van der Waals surface area contributed by atoms with Gasteiger partial charge in [0.15, 0.2) is 0 Å². The lowest BCUT2D eigenvalue weighted by atomic mass is 10.0. The Labute approximate surface area is 97.0 Å². The molecule has 0 saturated carbocycles. The number of nitrogens with one attached hydrogen (secondary N) is 2. The summed E-state index contributed by atoms with van der Waals surface area (Å²) in [6, 6.07) is 0.926. The predicted molar refractivity (Wildman–Crippen MR) is 64.3 cm³/mol. The fraction of sp³-hybridized carbons (Fsp3) is 0.818. The second-order valence-electron chi connectivity index (χ2n) is 4.27. The van der Waals surface area contributed by atoms with Gasteiger partial charge >= 0.3 is 6.01 Å². The Bertz CT molecular complexity index is 313. The standard InChI is InChI=1S/C11H22N4O/c1-6-7(2)8(3)13-11-15-14-10(16-11)9(4)12-5/h7-9,12H,6H2,1-5H3,(H,13,15). The quantitative estimate of drug-likeness (QED) is 0.778. The third kappa shape index (κ3) is 3.20. The maximum absolute atomic E-state index is 5.51. The minimum Gasteiger partial charge on any atom is -0.406 e.